The Bertz CT molecular complexity index is 665. The van der Waals surface area contributed by atoms with Gasteiger partial charge in [-0.1, -0.05) is 36.4 Å². The quantitative estimate of drug-likeness (QED) is 0.676. The SMILES string of the molecule is COc1cc(C=C(Cc2ccccc2)[N+](=O)[O-])ccc1O. The van der Waals surface area contributed by atoms with E-state index >= 15 is 0 Å². The molecule has 0 radical (unpaired) electrons. The summed E-state index contributed by atoms with van der Waals surface area (Å²) in [6.07, 6.45) is 1.71. The highest BCUT2D eigenvalue weighted by atomic mass is 16.6. The molecular formula is C16H15NO4. The molecule has 2 rings (SSSR count). The van der Waals surface area contributed by atoms with Gasteiger partial charge in [0.1, 0.15) is 0 Å². The first-order chi connectivity index (χ1) is 10.1. The van der Waals surface area contributed by atoms with Crippen LogP contribution in [0.3, 0.4) is 0 Å². The fraction of sp³-hybridized carbons (Fsp3) is 0.125. The van der Waals surface area contributed by atoms with Crippen LogP contribution in [0.1, 0.15) is 11.1 Å². The lowest BCUT2D eigenvalue weighted by atomic mass is 10.1. The standard InChI is InChI=1S/C16H15NO4/c1-21-16-11-13(7-8-15(16)18)10-14(17(19)20)9-12-5-3-2-4-6-12/h2-8,10-11,18H,9H2,1H3. The van der Waals surface area contributed by atoms with Gasteiger partial charge in [0.2, 0.25) is 0 Å². The van der Waals surface area contributed by atoms with Gasteiger partial charge in [0, 0.05) is 6.08 Å². The molecule has 108 valence electrons. The van der Waals surface area contributed by atoms with Gasteiger partial charge in [-0.25, -0.2) is 0 Å². The molecular weight excluding hydrogens is 270 g/mol. The third-order valence-electron chi connectivity index (χ3n) is 3.00. The molecule has 0 spiro atoms. The van der Waals surface area contributed by atoms with Crippen LogP contribution in [0, 0.1) is 10.1 Å². The first-order valence-electron chi connectivity index (χ1n) is 6.36. The van der Waals surface area contributed by atoms with E-state index in [1.54, 1.807) is 12.1 Å². The molecule has 0 aliphatic rings. The summed E-state index contributed by atoms with van der Waals surface area (Å²) in [5, 5.41) is 20.7. The highest BCUT2D eigenvalue weighted by Gasteiger charge is 2.12. The molecule has 0 aromatic heterocycles. The van der Waals surface area contributed by atoms with Gasteiger partial charge in [-0.2, -0.15) is 0 Å². The molecule has 0 aliphatic carbocycles. The molecule has 2 aromatic rings. The molecule has 0 bridgehead atoms. The summed E-state index contributed by atoms with van der Waals surface area (Å²) < 4.78 is 5.00. The number of phenolic OH excluding ortho intramolecular Hbond substituents is 1. The van der Waals surface area contributed by atoms with E-state index in [4.69, 9.17) is 4.74 Å². The second kappa shape index (κ2) is 6.56. The Hall–Kier alpha value is -2.82. The van der Waals surface area contributed by atoms with Crippen molar-refractivity contribution in [2.24, 2.45) is 0 Å². The summed E-state index contributed by atoms with van der Waals surface area (Å²) in [5.74, 6) is 0.284. The summed E-state index contributed by atoms with van der Waals surface area (Å²) in [6, 6.07) is 13.8. The highest BCUT2D eigenvalue weighted by molar-refractivity contribution is 5.57. The van der Waals surface area contributed by atoms with Crippen LogP contribution in [0.25, 0.3) is 6.08 Å². The van der Waals surface area contributed by atoms with Crippen molar-refractivity contribution in [2.75, 3.05) is 7.11 Å². The fourth-order valence-corrected chi connectivity index (χ4v) is 1.95. The summed E-state index contributed by atoms with van der Waals surface area (Å²) in [4.78, 5) is 10.8. The van der Waals surface area contributed by atoms with Crippen molar-refractivity contribution < 1.29 is 14.8 Å². The largest absolute Gasteiger partial charge is 0.504 e. The van der Waals surface area contributed by atoms with Gasteiger partial charge in [-0.3, -0.25) is 10.1 Å². The first-order valence-corrected chi connectivity index (χ1v) is 6.36. The lowest BCUT2D eigenvalue weighted by Crippen LogP contribution is -2.02. The van der Waals surface area contributed by atoms with Crippen LogP contribution in [-0.4, -0.2) is 17.1 Å². The Labute approximate surface area is 122 Å². The summed E-state index contributed by atoms with van der Waals surface area (Å²) >= 11 is 0. The molecule has 0 amide bonds. The molecule has 0 unspecified atom stereocenters. The van der Waals surface area contributed by atoms with Crippen molar-refractivity contribution in [1.29, 1.82) is 0 Å². The molecule has 2 aromatic carbocycles. The van der Waals surface area contributed by atoms with Gasteiger partial charge >= 0.3 is 0 Å². The third-order valence-corrected chi connectivity index (χ3v) is 3.00. The number of nitrogens with zero attached hydrogens (tertiary/aromatic N) is 1. The average Bonchev–Trinajstić information content (AvgIpc) is 2.49. The van der Waals surface area contributed by atoms with Crippen molar-refractivity contribution in [3.05, 3.63) is 75.5 Å². The number of nitro groups is 1. The minimum atomic E-state index is -0.396. The van der Waals surface area contributed by atoms with Crippen LogP contribution >= 0.6 is 0 Å². The van der Waals surface area contributed by atoms with Gasteiger partial charge in [0.15, 0.2) is 11.5 Å². The number of rotatable bonds is 5. The van der Waals surface area contributed by atoms with Gasteiger partial charge in [0.25, 0.3) is 5.70 Å². The minimum Gasteiger partial charge on any atom is -0.504 e. The first kappa shape index (κ1) is 14.6. The zero-order valence-electron chi connectivity index (χ0n) is 11.5. The average molecular weight is 285 g/mol. The Kier molecular flexibility index (Phi) is 4.56. The van der Waals surface area contributed by atoms with Crippen LogP contribution < -0.4 is 4.74 Å². The number of hydrogen-bond acceptors (Lipinski definition) is 4. The van der Waals surface area contributed by atoms with Gasteiger partial charge < -0.3 is 9.84 Å². The summed E-state index contributed by atoms with van der Waals surface area (Å²) in [5.41, 5.74) is 1.55. The Morgan fingerprint density at radius 3 is 2.62 bits per heavy atom. The van der Waals surface area contributed by atoms with Gasteiger partial charge in [0.05, 0.1) is 18.5 Å². The molecule has 0 saturated heterocycles. The highest BCUT2D eigenvalue weighted by Crippen LogP contribution is 2.27. The van der Waals surface area contributed by atoms with E-state index in [-0.39, 0.29) is 23.6 Å². The molecule has 21 heavy (non-hydrogen) atoms. The van der Waals surface area contributed by atoms with E-state index in [9.17, 15) is 15.2 Å². The maximum absolute atomic E-state index is 11.2. The second-order valence-corrected chi connectivity index (χ2v) is 4.49. The van der Waals surface area contributed by atoms with Crippen molar-refractivity contribution in [3.8, 4) is 11.5 Å². The lowest BCUT2D eigenvalue weighted by molar-refractivity contribution is -0.425. The smallest absolute Gasteiger partial charge is 0.251 e. The van der Waals surface area contributed by atoms with E-state index in [1.165, 1.54) is 19.3 Å². The number of methoxy groups -OCH3 is 1. The van der Waals surface area contributed by atoms with Crippen molar-refractivity contribution in [3.63, 3.8) is 0 Å². The number of allylic oxidation sites excluding steroid dienone is 1. The zero-order valence-corrected chi connectivity index (χ0v) is 11.5. The molecule has 0 atom stereocenters. The Morgan fingerprint density at radius 1 is 1.29 bits per heavy atom. The molecule has 1 N–H and O–H groups in total. The molecule has 0 fully saturated rings. The number of hydrogen-bond donors (Lipinski definition) is 1. The number of ether oxygens (including phenoxy) is 1. The number of benzene rings is 2. The predicted octanol–water partition coefficient (Wildman–Crippen LogP) is 3.26. The molecule has 5 heteroatoms. The van der Waals surface area contributed by atoms with Gasteiger partial charge in [-0.05, 0) is 23.3 Å². The number of aromatic hydroxyl groups is 1. The lowest BCUT2D eigenvalue weighted by Gasteiger charge is -2.04. The van der Waals surface area contributed by atoms with E-state index in [0.29, 0.717) is 5.56 Å². The number of phenols is 1. The maximum atomic E-state index is 11.2. The Morgan fingerprint density at radius 2 is 2.00 bits per heavy atom. The zero-order chi connectivity index (χ0) is 15.2. The van der Waals surface area contributed by atoms with Crippen molar-refractivity contribution in [1.82, 2.24) is 0 Å². The monoisotopic (exact) mass is 285 g/mol. The van der Waals surface area contributed by atoms with Crippen LogP contribution in [0.15, 0.2) is 54.2 Å². The van der Waals surface area contributed by atoms with Crippen molar-refractivity contribution >= 4 is 6.08 Å². The summed E-state index contributed by atoms with van der Waals surface area (Å²) in [7, 11) is 1.43. The van der Waals surface area contributed by atoms with E-state index < -0.39 is 4.92 Å². The van der Waals surface area contributed by atoms with E-state index in [0.717, 1.165) is 5.56 Å². The van der Waals surface area contributed by atoms with Crippen LogP contribution in [-0.2, 0) is 6.42 Å². The topological polar surface area (TPSA) is 72.6 Å². The molecule has 0 saturated carbocycles. The Balaban J connectivity index is 2.31. The molecule has 0 heterocycles. The predicted molar refractivity (Wildman–Crippen MR) is 79.8 cm³/mol. The minimum absolute atomic E-state index is 0.000336. The normalized spacial score (nSPS) is 11.2. The third kappa shape index (κ3) is 3.82. The van der Waals surface area contributed by atoms with Crippen molar-refractivity contribution in [2.45, 2.75) is 6.42 Å². The second-order valence-electron chi connectivity index (χ2n) is 4.49. The van der Waals surface area contributed by atoms with E-state index in [2.05, 4.69) is 0 Å². The van der Waals surface area contributed by atoms with Crippen LogP contribution in [0.4, 0.5) is 0 Å². The van der Waals surface area contributed by atoms with Crippen LogP contribution in [0.5, 0.6) is 11.5 Å². The molecule has 5 nitrogen and oxygen atoms in total. The maximum Gasteiger partial charge on any atom is 0.251 e. The fourth-order valence-electron chi connectivity index (χ4n) is 1.95. The van der Waals surface area contributed by atoms with E-state index in [1.807, 2.05) is 30.3 Å². The molecule has 0 aliphatic heterocycles. The van der Waals surface area contributed by atoms with Crippen LogP contribution in [0.2, 0.25) is 0 Å². The summed E-state index contributed by atoms with van der Waals surface area (Å²) in [6.45, 7) is 0. The van der Waals surface area contributed by atoms with Gasteiger partial charge in [-0.15, -0.1) is 0 Å².